The van der Waals surface area contributed by atoms with Crippen LogP contribution in [0.25, 0.3) is 11.4 Å². The van der Waals surface area contributed by atoms with Gasteiger partial charge in [-0.1, -0.05) is 43.3 Å². The molecule has 8 heteroatoms. The zero-order valence-corrected chi connectivity index (χ0v) is 18.1. The first-order valence-electron chi connectivity index (χ1n) is 9.23. The van der Waals surface area contributed by atoms with Gasteiger partial charge in [0.05, 0.1) is 12.4 Å². The van der Waals surface area contributed by atoms with Gasteiger partial charge in [-0.3, -0.25) is 4.79 Å². The quantitative estimate of drug-likeness (QED) is 0.514. The van der Waals surface area contributed by atoms with E-state index in [1.165, 1.54) is 11.8 Å². The molecule has 3 aromatic rings. The molecule has 0 fully saturated rings. The molecule has 2 aromatic carbocycles. The Morgan fingerprint density at radius 3 is 2.66 bits per heavy atom. The molecule has 3 rings (SSSR count). The smallest absolute Gasteiger partial charge is 0.234 e. The summed E-state index contributed by atoms with van der Waals surface area (Å²) < 4.78 is 7.59. The lowest BCUT2D eigenvalue weighted by Gasteiger charge is -2.09. The number of thioether (sulfide) groups is 1. The van der Waals surface area contributed by atoms with Crippen molar-refractivity contribution in [1.82, 2.24) is 14.8 Å². The number of anilines is 1. The monoisotopic (exact) mass is 430 g/mol. The fraction of sp³-hybridized carbons (Fsp3) is 0.286. The first-order valence-corrected chi connectivity index (χ1v) is 10.6. The Kier molecular flexibility index (Phi) is 7.17. The van der Waals surface area contributed by atoms with E-state index in [4.69, 9.17) is 16.3 Å². The number of nitrogens with zero attached hydrogens (tertiary/aromatic N) is 3. The van der Waals surface area contributed by atoms with Crippen molar-refractivity contribution in [3.63, 3.8) is 0 Å². The van der Waals surface area contributed by atoms with E-state index in [0.29, 0.717) is 28.4 Å². The van der Waals surface area contributed by atoms with Gasteiger partial charge in [-0.05, 0) is 48.4 Å². The number of ether oxygens (including phenoxy) is 1. The van der Waals surface area contributed by atoms with Crippen LogP contribution in [0, 0.1) is 5.92 Å². The fourth-order valence-corrected chi connectivity index (χ4v) is 3.45. The van der Waals surface area contributed by atoms with Crippen LogP contribution in [0.1, 0.15) is 13.8 Å². The van der Waals surface area contributed by atoms with Crippen LogP contribution < -0.4 is 10.1 Å². The van der Waals surface area contributed by atoms with Gasteiger partial charge in [0.25, 0.3) is 0 Å². The van der Waals surface area contributed by atoms with Crippen LogP contribution in [0.15, 0.2) is 53.7 Å². The van der Waals surface area contributed by atoms with Crippen LogP contribution in [0.5, 0.6) is 5.75 Å². The number of carbonyl (C=O) groups is 1. The highest BCUT2D eigenvalue weighted by atomic mass is 35.5. The lowest BCUT2D eigenvalue weighted by Crippen LogP contribution is -2.14. The number of carbonyl (C=O) groups excluding carboxylic acids is 1. The summed E-state index contributed by atoms with van der Waals surface area (Å²) in [6, 6.07) is 14.8. The maximum Gasteiger partial charge on any atom is 0.234 e. The normalized spacial score (nSPS) is 10.9. The highest BCUT2D eigenvalue weighted by molar-refractivity contribution is 7.99. The standard InChI is InChI=1S/C21H23ClN4O2S/c1-14(2)12-28-18-9-7-15(8-10-18)20-24-25-21(26(20)3)29-13-19(27)23-17-6-4-5-16(22)11-17/h4-11,14H,12-13H2,1-3H3,(H,23,27). The van der Waals surface area contributed by atoms with E-state index in [0.717, 1.165) is 17.1 Å². The number of hydrogen-bond donors (Lipinski definition) is 1. The fourth-order valence-electron chi connectivity index (χ4n) is 2.55. The van der Waals surface area contributed by atoms with Crippen LogP contribution >= 0.6 is 23.4 Å². The molecule has 0 saturated heterocycles. The molecule has 0 saturated carbocycles. The molecule has 1 amide bonds. The molecule has 1 heterocycles. The Labute approximate surface area is 179 Å². The van der Waals surface area contributed by atoms with E-state index < -0.39 is 0 Å². The second kappa shape index (κ2) is 9.80. The number of nitrogens with one attached hydrogen (secondary N) is 1. The van der Waals surface area contributed by atoms with Crippen molar-refractivity contribution in [2.45, 2.75) is 19.0 Å². The number of hydrogen-bond acceptors (Lipinski definition) is 5. The first-order chi connectivity index (χ1) is 13.9. The molecule has 0 aliphatic carbocycles. The first kappa shape index (κ1) is 21.2. The largest absolute Gasteiger partial charge is 0.493 e. The Balaban J connectivity index is 1.59. The van der Waals surface area contributed by atoms with Crippen molar-refractivity contribution in [1.29, 1.82) is 0 Å². The molecule has 0 aliphatic rings. The van der Waals surface area contributed by atoms with Crippen LogP contribution in [-0.2, 0) is 11.8 Å². The molecule has 6 nitrogen and oxygen atoms in total. The van der Waals surface area contributed by atoms with E-state index in [2.05, 4.69) is 29.4 Å². The van der Waals surface area contributed by atoms with Gasteiger partial charge in [0.15, 0.2) is 11.0 Å². The number of amides is 1. The summed E-state index contributed by atoms with van der Waals surface area (Å²) in [6.07, 6.45) is 0. The minimum Gasteiger partial charge on any atom is -0.493 e. The van der Waals surface area contributed by atoms with E-state index in [9.17, 15) is 4.79 Å². The second-order valence-electron chi connectivity index (χ2n) is 6.94. The summed E-state index contributed by atoms with van der Waals surface area (Å²) >= 11 is 7.27. The molecule has 0 bridgehead atoms. The number of rotatable bonds is 8. The summed E-state index contributed by atoms with van der Waals surface area (Å²) in [5.41, 5.74) is 1.61. The summed E-state index contributed by atoms with van der Waals surface area (Å²) in [5, 5.41) is 12.5. The number of aromatic nitrogens is 3. The summed E-state index contributed by atoms with van der Waals surface area (Å²) in [4.78, 5) is 12.2. The molecule has 152 valence electrons. The average Bonchev–Trinajstić information content (AvgIpc) is 3.05. The van der Waals surface area contributed by atoms with Crippen LogP contribution in [0.4, 0.5) is 5.69 Å². The summed E-state index contributed by atoms with van der Waals surface area (Å²) in [5.74, 6) is 2.13. The molecule has 0 radical (unpaired) electrons. The van der Waals surface area contributed by atoms with Gasteiger partial charge in [-0.15, -0.1) is 10.2 Å². The lowest BCUT2D eigenvalue weighted by atomic mass is 10.2. The van der Waals surface area contributed by atoms with Gasteiger partial charge in [0.2, 0.25) is 5.91 Å². The zero-order chi connectivity index (χ0) is 20.8. The molecule has 1 aromatic heterocycles. The van der Waals surface area contributed by atoms with E-state index >= 15 is 0 Å². The third kappa shape index (κ3) is 5.98. The zero-order valence-electron chi connectivity index (χ0n) is 16.6. The molecule has 1 N–H and O–H groups in total. The van der Waals surface area contributed by atoms with E-state index in [-0.39, 0.29) is 11.7 Å². The minimum absolute atomic E-state index is 0.131. The van der Waals surface area contributed by atoms with E-state index in [1.54, 1.807) is 24.3 Å². The molecule has 0 aliphatic heterocycles. The van der Waals surface area contributed by atoms with Gasteiger partial charge in [-0.2, -0.15) is 0 Å². The van der Waals surface area contributed by atoms with Crippen LogP contribution in [0.2, 0.25) is 5.02 Å². The van der Waals surface area contributed by atoms with Crippen LogP contribution in [0.3, 0.4) is 0 Å². The van der Waals surface area contributed by atoms with Gasteiger partial charge >= 0.3 is 0 Å². The predicted octanol–water partition coefficient (Wildman–Crippen LogP) is 4.90. The topological polar surface area (TPSA) is 69.0 Å². The van der Waals surface area contributed by atoms with Gasteiger partial charge in [-0.25, -0.2) is 0 Å². The lowest BCUT2D eigenvalue weighted by molar-refractivity contribution is -0.113. The van der Waals surface area contributed by atoms with Crippen molar-refractivity contribution in [3.05, 3.63) is 53.6 Å². The van der Waals surface area contributed by atoms with Gasteiger partial charge in [0.1, 0.15) is 5.75 Å². The van der Waals surface area contributed by atoms with Gasteiger partial charge < -0.3 is 14.6 Å². The van der Waals surface area contributed by atoms with Crippen molar-refractivity contribution in [2.24, 2.45) is 13.0 Å². The molecule has 0 atom stereocenters. The molecular formula is C21H23ClN4O2S. The minimum atomic E-state index is -0.131. The maximum absolute atomic E-state index is 12.2. The molecule has 0 unspecified atom stereocenters. The maximum atomic E-state index is 12.2. The van der Waals surface area contributed by atoms with Gasteiger partial charge in [0, 0.05) is 23.3 Å². The number of halogens is 1. The SMILES string of the molecule is CC(C)COc1ccc(-c2nnc(SCC(=O)Nc3cccc(Cl)c3)n2C)cc1. The van der Waals surface area contributed by atoms with Crippen LogP contribution in [-0.4, -0.2) is 33.0 Å². The highest BCUT2D eigenvalue weighted by Crippen LogP contribution is 2.25. The molecule has 29 heavy (non-hydrogen) atoms. The third-order valence-corrected chi connectivity index (χ3v) is 5.23. The number of benzene rings is 2. The van der Waals surface area contributed by atoms with E-state index in [1.807, 2.05) is 35.9 Å². The molecule has 0 spiro atoms. The Hall–Kier alpha value is -2.51. The summed E-state index contributed by atoms with van der Waals surface area (Å²) in [7, 11) is 1.88. The molecular weight excluding hydrogens is 408 g/mol. The Bertz CT molecular complexity index is 973. The van der Waals surface area contributed by atoms with Crippen molar-refractivity contribution < 1.29 is 9.53 Å². The second-order valence-corrected chi connectivity index (χ2v) is 8.32. The Morgan fingerprint density at radius 2 is 1.97 bits per heavy atom. The van der Waals surface area contributed by atoms with Crippen molar-refractivity contribution in [2.75, 3.05) is 17.7 Å². The van der Waals surface area contributed by atoms with Crippen molar-refractivity contribution in [3.8, 4) is 17.1 Å². The Morgan fingerprint density at radius 1 is 1.21 bits per heavy atom. The highest BCUT2D eigenvalue weighted by Gasteiger charge is 2.13. The summed E-state index contributed by atoms with van der Waals surface area (Å²) in [6.45, 7) is 4.91. The third-order valence-electron chi connectivity index (χ3n) is 3.97. The van der Waals surface area contributed by atoms with Crippen molar-refractivity contribution >= 4 is 35.0 Å². The average molecular weight is 431 g/mol. The predicted molar refractivity (Wildman–Crippen MR) is 118 cm³/mol.